The van der Waals surface area contributed by atoms with Gasteiger partial charge in [0, 0.05) is 11.5 Å². The number of carbonyl (C=O) groups is 1. The molecule has 0 aliphatic carbocycles. The molecule has 0 spiro atoms. The van der Waals surface area contributed by atoms with Gasteiger partial charge in [-0.25, -0.2) is 9.36 Å². The Morgan fingerprint density at radius 1 is 1.60 bits per heavy atom. The molecule has 0 heterocycles. The molecule has 1 unspecified atom stereocenters. The summed E-state index contributed by atoms with van der Waals surface area (Å²) in [6, 6.07) is 0. The fourth-order valence-electron chi connectivity index (χ4n) is 0.408. The van der Waals surface area contributed by atoms with E-state index in [1.165, 1.54) is 6.92 Å². The second-order valence-corrected chi connectivity index (χ2v) is 4.29. The minimum absolute atomic E-state index is 0.0377. The minimum Gasteiger partial charge on any atom is -0.300 e. The van der Waals surface area contributed by atoms with E-state index in [0.29, 0.717) is 6.42 Å². The highest BCUT2D eigenvalue weighted by atomic mass is 35.5. The third-order valence-electron chi connectivity index (χ3n) is 1.09. The molecule has 0 aromatic carbocycles. The third kappa shape index (κ3) is 7.53. The van der Waals surface area contributed by atoms with Crippen LogP contribution in [0.15, 0.2) is 12.2 Å². The van der Waals surface area contributed by atoms with Crippen LogP contribution in [0.2, 0.25) is 0 Å². The van der Waals surface area contributed by atoms with Crippen molar-refractivity contribution in [1.29, 1.82) is 0 Å². The molecule has 0 aliphatic rings. The SMILES string of the molecule is C=C(C)C(=O)OOP(=O)(O)OCCCCl. The molecule has 0 saturated carbocycles. The van der Waals surface area contributed by atoms with Crippen molar-refractivity contribution in [2.45, 2.75) is 13.3 Å². The van der Waals surface area contributed by atoms with Crippen LogP contribution in [-0.4, -0.2) is 23.3 Å². The van der Waals surface area contributed by atoms with E-state index < -0.39 is 13.8 Å². The van der Waals surface area contributed by atoms with Crippen LogP contribution in [0.1, 0.15) is 13.3 Å². The third-order valence-corrected chi connectivity index (χ3v) is 2.13. The van der Waals surface area contributed by atoms with Crippen molar-refractivity contribution in [1.82, 2.24) is 0 Å². The molecule has 0 rings (SSSR count). The van der Waals surface area contributed by atoms with Gasteiger partial charge in [-0.3, -0.25) is 9.41 Å². The van der Waals surface area contributed by atoms with Gasteiger partial charge in [0.05, 0.1) is 6.61 Å². The summed E-state index contributed by atoms with van der Waals surface area (Å²) in [4.78, 5) is 23.7. The second kappa shape index (κ2) is 6.98. The summed E-state index contributed by atoms with van der Waals surface area (Å²) in [5.74, 6) is -0.656. The maximum absolute atomic E-state index is 11.0. The molecule has 0 saturated heterocycles. The first-order valence-corrected chi connectivity index (χ1v) is 6.01. The van der Waals surface area contributed by atoms with Crippen molar-refractivity contribution >= 4 is 25.4 Å². The molecule has 0 radical (unpaired) electrons. The van der Waals surface area contributed by atoms with Crippen molar-refractivity contribution < 1.29 is 28.3 Å². The van der Waals surface area contributed by atoms with Gasteiger partial charge in [0.1, 0.15) is 0 Å². The Hall–Kier alpha value is -0.390. The smallest absolute Gasteiger partial charge is 0.300 e. The predicted octanol–water partition coefficient (Wildman–Crippen LogP) is 1.78. The maximum atomic E-state index is 11.0. The number of halogens is 1. The summed E-state index contributed by atoms with van der Waals surface area (Å²) >= 11 is 5.31. The Kier molecular flexibility index (Phi) is 6.80. The van der Waals surface area contributed by atoms with Gasteiger partial charge in [-0.2, -0.15) is 0 Å². The van der Waals surface area contributed by atoms with Crippen molar-refractivity contribution in [2.24, 2.45) is 0 Å². The van der Waals surface area contributed by atoms with Crippen LogP contribution in [0.25, 0.3) is 0 Å². The summed E-state index contributed by atoms with van der Waals surface area (Å²) in [7, 11) is -4.36. The molecule has 0 amide bonds. The average molecular weight is 259 g/mol. The van der Waals surface area contributed by atoms with Gasteiger partial charge in [0.15, 0.2) is 0 Å². The molecule has 0 aliphatic heterocycles. The summed E-state index contributed by atoms with van der Waals surface area (Å²) < 4.78 is 19.3. The zero-order valence-corrected chi connectivity index (χ0v) is 9.79. The van der Waals surface area contributed by atoms with E-state index in [1.54, 1.807) is 0 Å². The van der Waals surface area contributed by atoms with Crippen LogP contribution in [-0.2, 0) is 23.4 Å². The van der Waals surface area contributed by atoms with Crippen molar-refractivity contribution in [3.63, 3.8) is 0 Å². The van der Waals surface area contributed by atoms with Gasteiger partial charge in [-0.1, -0.05) is 11.3 Å². The molecule has 0 aromatic heterocycles. The van der Waals surface area contributed by atoms with E-state index in [4.69, 9.17) is 16.5 Å². The largest absolute Gasteiger partial charge is 0.508 e. The Morgan fingerprint density at radius 3 is 2.67 bits per heavy atom. The molecule has 15 heavy (non-hydrogen) atoms. The molecule has 0 bridgehead atoms. The Bertz CT molecular complexity index is 279. The van der Waals surface area contributed by atoms with Crippen LogP contribution in [0.4, 0.5) is 0 Å². The standard InChI is InChI=1S/C7H12ClO6P/c1-6(2)7(9)13-14-15(10,11)12-5-3-4-8/h1,3-5H2,2H3,(H,10,11). The molecule has 8 heteroatoms. The Labute approximate surface area is 92.3 Å². The van der Waals surface area contributed by atoms with Gasteiger partial charge >= 0.3 is 13.8 Å². The van der Waals surface area contributed by atoms with Crippen molar-refractivity contribution in [3.8, 4) is 0 Å². The van der Waals surface area contributed by atoms with Crippen molar-refractivity contribution in [2.75, 3.05) is 12.5 Å². The van der Waals surface area contributed by atoms with Gasteiger partial charge < -0.3 is 4.89 Å². The van der Waals surface area contributed by atoms with E-state index in [1.807, 2.05) is 0 Å². The molecule has 0 fully saturated rings. The predicted molar refractivity (Wildman–Crippen MR) is 53.1 cm³/mol. The highest BCUT2D eigenvalue weighted by Crippen LogP contribution is 2.43. The topological polar surface area (TPSA) is 82.1 Å². The number of carbonyl (C=O) groups excluding carboxylic acids is 1. The lowest BCUT2D eigenvalue weighted by atomic mass is 10.4. The lowest BCUT2D eigenvalue weighted by Gasteiger charge is -2.09. The summed E-state index contributed by atoms with van der Waals surface area (Å²) in [5, 5.41) is 0. The van der Waals surface area contributed by atoms with Crippen LogP contribution < -0.4 is 0 Å². The van der Waals surface area contributed by atoms with Gasteiger partial charge in [0.2, 0.25) is 0 Å². The summed E-state index contributed by atoms with van der Waals surface area (Å²) in [6.07, 6.45) is 0.379. The molecule has 6 nitrogen and oxygen atoms in total. The lowest BCUT2D eigenvalue weighted by molar-refractivity contribution is -0.218. The lowest BCUT2D eigenvalue weighted by Crippen LogP contribution is -2.06. The number of phosphoric acid groups is 1. The van der Waals surface area contributed by atoms with E-state index in [9.17, 15) is 9.36 Å². The van der Waals surface area contributed by atoms with E-state index in [2.05, 4.69) is 20.7 Å². The van der Waals surface area contributed by atoms with Crippen LogP contribution >= 0.6 is 19.4 Å². The molecular weight excluding hydrogens is 246 g/mol. The summed E-state index contributed by atoms with van der Waals surface area (Å²) in [5.41, 5.74) is 0.0377. The normalized spacial score (nSPS) is 14.3. The number of phosphoric ester groups is 1. The minimum atomic E-state index is -4.36. The Balaban J connectivity index is 3.88. The van der Waals surface area contributed by atoms with E-state index >= 15 is 0 Å². The van der Waals surface area contributed by atoms with Crippen molar-refractivity contribution in [3.05, 3.63) is 12.2 Å². The van der Waals surface area contributed by atoms with Crippen LogP contribution in [0.5, 0.6) is 0 Å². The van der Waals surface area contributed by atoms with Crippen LogP contribution in [0.3, 0.4) is 0 Å². The monoisotopic (exact) mass is 258 g/mol. The van der Waals surface area contributed by atoms with Crippen LogP contribution in [0, 0.1) is 0 Å². The average Bonchev–Trinajstić information content (AvgIpc) is 2.14. The van der Waals surface area contributed by atoms with Gasteiger partial charge in [0.25, 0.3) is 0 Å². The molecule has 1 N–H and O–H groups in total. The second-order valence-electron chi connectivity index (χ2n) is 2.57. The van der Waals surface area contributed by atoms with Gasteiger partial charge in [-0.15, -0.1) is 11.6 Å². The number of hydrogen-bond acceptors (Lipinski definition) is 5. The summed E-state index contributed by atoms with van der Waals surface area (Å²) in [6.45, 7) is 4.54. The fourth-order valence-corrected chi connectivity index (χ4v) is 1.08. The Morgan fingerprint density at radius 2 is 2.20 bits per heavy atom. The van der Waals surface area contributed by atoms with Gasteiger partial charge in [-0.05, 0) is 13.3 Å². The molecule has 88 valence electrons. The maximum Gasteiger partial charge on any atom is 0.508 e. The number of hydrogen-bond donors (Lipinski definition) is 1. The van der Waals surface area contributed by atoms with E-state index in [-0.39, 0.29) is 18.1 Å². The first-order valence-electron chi connectivity index (χ1n) is 3.98. The zero-order chi connectivity index (χ0) is 11.9. The number of rotatable bonds is 7. The fraction of sp³-hybridized carbons (Fsp3) is 0.571. The number of alkyl halides is 1. The quantitative estimate of drug-likeness (QED) is 0.187. The molecular formula is C7H12ClO6P. The zero-order valence-electron chi connectivity index (χ0n) is 8.14. The first-order chi connectivity index (χ1) is 6.89. The molecule has 1 atom stereocenters. The van der Waals surface area contributed by atoms with E-state index in [0.717, 1.165) is 0 Å². The highest BCUT2D eigenvalue weighted by Gasteiger charge is 2.24. The highest BCUT2D eigenvalue weighted by molar-refractivity contribution is 7.47. The molecule has 0 aromatic rings. The first kappa shape index (κ1) is 14.6.